The summed E-state index contributed by atoms with van der Waals surface area (Å²) < 4.78 is 5.47. The van der Waals surface area contributed by atoms with Gasteiger partial charge in [-0.2, -0.15) is 0 Å². The first-order valence-corrected chi connectivity index (χ1v) is 8.67. The quantitative estimate of drug-likeness (QED) is 0.844. The third kappa shape index (κ3) is 5.09. The Hall–Kier alpha value is -1.82. The SMILES string of the molecule is C[C@@H](N[C@H](Cc1ccccc1)CN1CCOCC1)c1cnccn1. The van der Waals surface area contributed by atoms with Gasteiger partial charge in [0.15, 0.2) is 0 Å². The van der Waals surface area contributed by atoms with Gasteiger partial charge in [0.1, 0.15) is 0 Å². The molecule has 3 rings (SSSR count). The largest absolute Gasteiger partial charge is 0.379 e. The third-order valence-electron chi connectivity index (χ3n) is 4.42. The summed E-state index contributed by atoms with van der Waals surface area (Å²) in [5.74, 6) is 0. The van der Waals surface area contributed by atoms with Gasteiger partial charge in [0.05, 0.1) is 18.9 Å². The van der Waals surface area contributed by atoms with Crippen LogP contribution in [0.4, 0.5) is 0 Å². The highest BCUT2D eigenvalue weighted by atomic mass is 16.5. The van der Waals surface area contributed by atoms with Crippen LogP contribution in [0.3, 0.4) is 0 Å². The number of hydrogen-bond acceptors (Lipinski definition) is 5. The highest BCUT2D eigenvalue weighted by Gasteiger charge is 2.20. The Morgan fingerprint density at radius 2 is 1.96 bits per heavy atom. The maximum Gasteiger partial charge on any atom is 0.0753 e. The number of hydrogen-bond donors (Lipinski definition) is 1. The summed E-state index contributed by atoms with van der Waals surface area (Å²) >= 11 is 0. The van der Waals surface area contributed by atoms with Crippen LogP contribution in [-0.4, -0.2) is 53.8 Å². The molecule has 1 saturated heterocycles. The predicted octanol–water partition coefficient (Wildman–Crippen LogP) is 2.07. The Kier molecular flexibility index (Phi) is 6.29. The number of ether oxygens (including phenoxy) is 1. The van der Waals surface area contributed by atoms with E-state index in [-0.39, 0.29) is 6.04 Å². The van der Waals surface area contributed by atoms with Crippen LogP contribution in [0.2, 0.25) is 0 Å². The van der Waals surface area contributed by atoms with Crippen LogP contribution in [0.15, 0.2) is 48.9 Å². The first-order valence-electron chi connectivity index (χ1n) is 8.67. The highest BCUT2D eigenvalue weighted by Crippen LogP contribution is 2.12. The first kappa shape index (κ1) is 17.0. The summed E-state index contributed by atoms with van der Waals surface area (Å²) in [6.07, 6.45) is 6.31. The molecule has 0 spiro atoms. The summed E-state index contributed by atoms with van der Waals surface area (Å²) in [7, 11) is 0. The zero-order valence-electron chi connectivity index (χ0n) is 14.3. The minimum Gasteiger partial charge on any atom is -0.379 e. The van der Waals surface area contributed by atoms with Crippen LogP contribution in [0.25, 0.3) is 0 Å². The summed E-state index contributed by atoms with van der Waals surface area (Å²) in [5, 5.41) is 3.74. The van der Waals surface area contributed by atoms with Gasteiger partial charge < -0.3 is 10.1 Å². The average Bonchev–Trinajstić information content (AvgIpc) is 2.64. The lowest BCUT2D eigenvalue weighted by atomic mass is 10.0. The number of benzene rings is 1. The molecular formula is C19H26N4O. The van der Waals surface area contributed by atoms with Gasteiger partial charge in [-0.1, -0.05) is 30.3 Å². The second-order valence-electron chi connectivity index (χ2n) is 6.32. The van der Waals surface area contributed by atoms with Crippen molar-refractivity contribution >= 4 is 0 Å². The second-order valence-corrected chi connectivity index (χ2v) is 6.32. The normalized spacial score (nSPS) is 18.2. The molecule has 2 aromatic rings. The maximum atomic E-state index is 5.47. The summed E-state index contributed by atoms with van der Waals surface area (Å²) in [6, 6.07) is 11.2. The first-order chi connectivity index (χ1) is 11.8. The number of morpholine rings is 1. The smallest absolute Gasteiger partial charge is 0.0753 e. The lowest BCUT2D eigenvalue weighted by Gasteiger charge is -2.32. The number of rotatable bonds is 7. The molecule has 0 amide bonds. The zero-order valence-corrected chi connectivity index (χ0v) is 14.3. The average molecular weight is 326 g/mol. The van der Waals surface area contributed by atoms with Gasteiger partial charge in [-0.15, -0.1) is 0 Å². The van der Waals surface area contributed by atoms with E-state index >= 15 is 0 Å². The Balaban J connectivity index is 1.66. The van der Waals surface area contributed by atoms with Crippen LogP contribution in [-0.2, 0) is 11.2 Å². The van der Waals surface area contributed by atoms with Crippen molar-refractivity contribution in [3.8, 4) is 0 Å². The lowest BCUT2D eigenvalue weighted by Crippen LogP contribution is -2.47. The van der Waals surface area contributed by atoms with E-state index in [9.17, 15) is 0 Å². The Morgan fingerprint density at radius 3 is 2.67 bits per heavy atom. The van der Waals surface area contributed by atoms with Crippen molar-refractivity contribution in [1.29, 1.82) is 0 Å². The molecule has 0 aliphatic carbocycles. The van der Waals surface area contributed by atoms with E-state index in [1.807, 2.05) is 6.20 Å². The molecule has 1 aromatic heterocycles. The molecule has 0 unspecified atom stereocenters. The number of nitrogens with zero attached hydrogens (tertiary/aromatic N) is 3. The van der Waals surface area contributed by atoms with E-state index in [1.165, 1.54) is 5.56 Å². The van der Waals surface area contributed by atoms with Crippen LogP contribution in [0.5, 0.6) is 0 Å². The molecule has 2 atom stereocenters. The predicted molar refractivity (Wildman–Crippen MR) is 94.8 cm³/mol. The molecule has 1 N–H and O–H groups in total. The molecule has 0 saturated carbocycles. The van der Waals surface area contributed by atoms with E-state index < -0.39 is 0 Å². The third-order valence-corrected chi connectivity index (χ3v) is 4.42. The van der Waals surface area contributed by atoms with Crippen molar-refractivity contribution in [2.45, 2.75) is 25.4 Å². The van der Waals surface area contributed by atoms with Gasteiger partial charge in [0.2, 0.25) is 0 Å². The summed E-state index contributed by atoms with van der Waals surface area (Å²) in [5.41, 5.74) is 2.34. The Labute approximate surface area is 144 Å². The van der Waals surface area contributed by atoms with Crippen LogP contribution >= 0.6 is 0 Å². The molecule has 24 heavy (non-hydrogen) atoms. The Bertz CT molecular complexity index is 587. The number of aromatic nitrogens is 2. The molecule has 1 fully saturated rings. The summed E-state index contributed by atoms with van der Waals surface area (Å²) in [6.45, 7) is 6.85. The zero-order chi connectivity index (χ0) is 16.6. The molecular weight excluding hydrogens is 300 g/mol. The van der Waals surface area contributed by atoms with Crippen molar-refractivity contribution in [2.75, 3.05) is 32.8 Å². The van der Waals surface area contributed by atoms with E-state index in [4.69, 9.17) is 4.74 Å². The second kappa shape index (κ2) is 8.87. The van der Waals surface area contributed by atoms with E-state index in [1.54, 1.807) is 12.4 Å². The highest BCUT2D eigenvalue weighted by molar-refractivity contribution is 5.16. The molecule has 5 heteroatoms. The lowest BCUT2D eigenvalue weighted by molar-refractivity contribution is 0.0330. The standard InChI is InChI=1S/C19H26N4O/c1-16(19-14-20-7-8-21-19)22-18(13-17-5-3-2-4-6-17)15-23-9-11-24-12-10-23/h2-8,14,16,18,22H,9-13,15H2,1H3/t16-,18-/m1/s1. The fraction of sp³-hybridized carbons (Fsp3) is 0.474. The van der Waals surface area contributed by atoms with Crippen molar-refractivity contribution < 1.29 is 4.74 Å². The summed E-state index contributed by atoms with van der Waals surface area (Å²) in [4.78, 5) is 11.1. The Morgan fingerprint density at radius 1 is 1.17 bits per heavy atom. The van der Waals surface area contributed by atoms with Crippen LogP contribution in [0.1, 0.15) is 24.2 Å². The molecule has 2 heterocycles. The van der Waals surface area contributed by atoms with Crippen molar-refractivity contribution in [3.63, 3.8) is 0 Å². The molecule has 1 aliphatic rings. The molecule has 0 radical (unpaired) electrons. The van der Waals surface area contributed by atoms with Crippen molar-refractivity contribution in [3.05, 3.63) is 60.2 Å². The molecule has 5 nitrogen and oxygen atoms in total. The van der Waals surface area contributed by atoms with E-state index in [2.05, 4.69) is 57.4 Å². The van der Waals surface area contributed by atoms with E-state index in [0.29, 0.717) is 6.04 Å². The van der Waals surface area contributed by atoms with Gasteiger partial charge in [0.25, 0.3) is 0 Å². The van der Waals surface area contributed by atoms with Gasteiger partial charge in [-0.05, 0) is 18.9 Å². The van der Waals surface area contributed by atoms with Gasteiger partial charge in [-0.3, -0.25) is 14.9 Å². The fourth-order valence-electron chi connectivity index (χ4n) is 3.14. The maximum absolute atomic E-state index is 5.47. The number of nitrogens with one attached hydrogen (secondary N) is 1. The molecule has 0 bridgehead atoms. The monoisotopic (exact) mass is 326 g/mol. The van der Waals surface area contributed by atoms with Crippen molar-refractivity contribution in [1.82, 2.24) is 20.2 Å². The molecule has 1 aromatic carbocycles. The van der Waals surface area contributed by atoms with Crippen LogP contribution < -0.4 is 5.32 Å². The minimum absolute atomic E-state index is 0.174. The molecule has 1 aliphatic heterocycles. The van der Waals surface area contributed by atoms with Gasteiger partial charge in [-0.25, -0.2) is 0 Å². The van der Waals surface area contributed by atoms with Crippen molar-refractivity contribution in [2.24, 2.45) is 0 Å². The molecule has 128 valence electrons. The van der Waals surface area contributed by atoms with E-state index in [0.717, 1.165) is 45.0 Å². The van der Waals surface area contributed by atoms with Gasteiger partial charge in [0, 0.05) is 50.3 Å². The topological polar surface area (TPSA) is 50.3 Å². The van der Waals surface area contributed by atoms with Gasteiger partial charge >= 0.3 is 0 Å². The van der Waals surface area contributed by atoms with Crippen LogP contribution in [0, 0.1) is 0 Å². The minimum atomic E-state index is 0.174. The fourth-order valence-corrected chi connectivity index (χ4v) is 3.14.